The molecule has 2 unspecified atom stereocenters. The topological polar surface area (TPSA) is 134 Å². The van der Waals surface area contributed by atoms with Crippen molar-refractivity contribution in [2.45, 2.75) is 142 Å². The summed E-state index contributed by atoms with van der Waals surface area (Å²) in [5, 5.41) is 0. The normalized spacial score (nSPS) is 14.1. The molecule has 0 aliphatic rings. The van der Waals surface area contributed by atoms with Gasteiger partial charge >= 0.3 is 19.8 Å². The average molecular weight is 670 g/mol. The van der Waals surface area contributed by atoms with E-state index >= 15 is 0 Å². The molecular formula is C36H64NO8P. The number of carbonyl (C=O) groups excluding carboxylic acids is 2. The van der Waals surface area contributed by atoms with Gasteiger partial charge in [-0.15, -0.1) is 0 Å². The highest BCUT2D eigenvalue weighted by Gasteiger charge is 2.25. The third-order valence-electron chi connectivity index (χ3n) is 6.98. The maximum Gasteiger partial charge on any atom is 0.472 e. The summed E-state index contributed by atoms with van der Waals surface area (Å²) in [4.78, 5) is 34.0. The number of unbranched alkanes of at least 4 members (excludes halogenated alkanes) is 11. The maximum absolute atomic E-state index is 12.4. The van der Waals surface area contributed by atoms with Crippen molar-refractivity contribution in [2.24, 2.45) is 5.73 Å². The van der Waals surface area contributed by atoms with Crippen LogP contribution in [0.4, 0.5) is 0 Å². The van der Waals surface area contributed by atoms with Gasteiger partial charge in [-0.05, 0) is 51.4 Å². The van der Waals surface area contributed by atoms with Gasteiger partial charge in [-0.3, -0.25) is 18.6 Å². The summed E-state index contributed by atoms with van der Waals surface area (Å²) in [5.41, 5.74) is 5.28. The van der Waals surface area contributed by atoms with E-state index in [2.05, 4.69) is 55.5 Å². The Balaban J connectivity index is 3.91. The van der Waals surface area contributed by atoms with Crippen LogP contribution in [-0.4, -0.2) is 49.3 Å². The number of ether oxygens (including phenoxy) is 2. The second-order valence-corrected chi connectivity index (χ2v) is 12.8. The zero-order valence-corrected chi connectivity index (χ0v) is 29.7. The first-order valence-corrected chi connectivity index (χ1v) is 19.1. The average Bonchev–Trinajstić information content (AvgIpc) is 3.04. The van der Waals surface area contributed by atoms with E-state index in [1.54, 1.807) is 0 Å². The van der Waals surface area contributed by atoms with E-state index in [4.69, 9.17) is 24.3 Å². The van der Waals surface area contributed by atoms with Crippen molar-refractivity contribution in [2.75, 3.05) is 26.4 Å². The van der Waals surface area contributed by atoms with Gasteiger partial charge in [0.1, 0.15) is 6.61 Å². The number of phosphoric ester groups is 1. The molecule has 46 heavy (non-hydrogen) atoms. The van der Waals surface area contributed by atoms with Crippen LogP contribution >= 0.6 is 7.82 Å². The molecule has 0 fully saturated rings. The first-order valence-electron chi connectivity index (χ1n) is 17.6. The van der Waals surface area contributed by atoms with Gasteiger partial charge in [-0.2, -0.15) is 0 Å². The third kappa shape index (κ3) is 31.9. The number of hydrogen-bond donors (Lipinski definition) is 2. The molecular weight excluding hydrogens is 605 g/mol. The molecule has 0 aromatic heterocycles. The Labute approximate surface area is 279 Å². The van der Waals surface area contributed by atoms with Crippen LogP contribution in [0.2, 0.25) is 0 Å². The number of allylic oxidation sites excluding steroid dienone is 8. The second-order valence-electron chi connectivity index (χ2n) is 11.4. The summed E-state index contributed by atoms with van der Waals surface area (Å²) < 4.78 is 32.1. The Kier molecular flexibility index (Phi) is 31.4. The summed E-state index contributed by atoms with van der Waals surface area (Å²) in [5.74, 6) is -0.879. The third-order valence-corrected chi connectivity index (χ3v) is 7.96. The van der Waals surface area contributed by atoms with Crippen molar-refractivity contribution in [3.8, 4) is 0 Å². The molecule has 0 rings (SSSR count). The zero-order valence-electron chi connectivity index (χ0n) is 28.8. The molecule has 0 spiro atoms. The van der Waals surface area contributed by atoms with E-state index in [0.717, 1.165) is 57.8 Å². The van der Waals surface area contributed by atoms with E-state index in [1.807, 2.05) is 6.92 Å². The van der Waals surface area contributed by atoms with Gasteiger partial charge in [0.25, 0.3) is 0 Å². The first-order chi connectivity index (χ1) is 22.3. The first kappa shape index (κ1) is 44.0. The molecule has 2 atom stereocenters. The molecule has 9 nitrogen and oxygen atoms in total. The minimum Gasteiger partial charge on any atom is -0.462 e. The van der Waals surface area contributed by atoms with Crippen LogP contribution in [-0.2, 0) is 32.7 Å². The van der Waals surface area contributed by atoms with Gasteiger partial charge in [-0.1, -0.05) is 120 Å². The quantitative estimate of drug-likeness (QED) is 0.0311. The van der Waals surface area contributed by atoms with E-state index < -0.39 is 32.5 Å². The fraction of sp³-hybridized carbons (Fsp3) is 0.722. The standard InChI is InChI=1S/C36H64NO8P/c1-3-5-7-8-9-10-11-12-13-14-15-16-17-18-19-20-21-22-23-24-25-26-27-29-36(39)45-34(32-42-35(38)28-6-4-2)33-44-46(40,41)43-31-30-37/h5,7,9-10,12-13,15-16,34H,3-4,6,8,11,14,17-33,37H2,1-2H3,(H,40,41)/b7-5-,10-9-,13-12-,16-15-. The van der Waals surface area contributed by atoms with Gasteiger partial charge in [-0.25, -0.2) is 4.57 Å². The number of phosphoric acid groups is 1. The van der Waals surface area contributed by atoms with Crippen LogP contribution in [0.1, 0.15) is 136 Å². The number of rotatable bonds is 32. The van der Waals surface area contributed by atoms with Crippen molar-refractivity contribution < 1.29 is 37.6 Å². The van der Waals surface area contributed by atoms with E-state index in [1.165, 1.54) is 38.5 Å². The Morgan fingerprint density at radius 1 is 0.674 bits per heavy atom. The lowest BCUT2D eigenvalue weighted by atomic mass is 10.0. The molecule has 0 amide bonds. The van der Waals surface area contributed by atoms with Gasteiger partial charge in [0.05, 0.1) is 13.2 Å². The number of esters is 2. The monoisotopic (exact) mass is 669 g/mol. The van der Waals surface area contributed by atoms with Crippen molar-refractivity contribution in [3.63, 3.8) is 0 Å². The lowest BCUT2D eigenvalue weighted by Gasteiger charge is -2.19. The summed E-state index contributed by atoms with van der Waals surface area (Å²) in [6.07, 6.45) is 35.5. The van der Waals surface area contributed by atoms with E-state index in [-0.39, 0.29) is 32.6 Å². The maximum atomic E-state index is 12.4. The summed E-state index contributed by atoms with van der Waals surface area (Å²) in [7, 11) is -4.35. The minimum absolute atomic E-state index is 0.0507. The Morgan fingerprint density at radius 2 is 1.20 bits per heavy atom. The minimum atomic E-state index is -4.35. The zero-order chi connectivity index (χ0) is 34.0. The van der Waals surface area contributed by atoms with Crippen LogP contribution in [0.5, 0.6) is 0 Å². The second kappa shape index (κ2) is 32.9. The van der Waals surface area contributed by atoms with E-state index in [0.29, 0.717) is 12.8 Å². The van der Waals surface area contributed by atoms with Gasteiger partial charge in [0.15, 0.2) is 6.10 Å². The van der Waals surface area contributed by atoms with Crippen LogP contribution in [0.3, 0.4) is 0 Å². The molecule has 0 radical (unpaired) electrons. The number of hydrogen-bond acceptors (Lipinski definition) is 8. The highest BCUT2D eigenvalue weighted by atomic mass is 31.2. The highest BCUT2D eigenvalue weighted by Crippen LogP contribution is 2.43. The molecule has 0 aliphatic heterocycles. The van der Waals surface area contributed by atoms with Gasteiger partial charge < -0.3 is 20.1 Å². The fourth-order valence-electron chi connectivity index (χ4n) is 4.37. The van der Waals surface area contributed by atoms with Crippen molar-refractivity contribution in [3.05, 3.63) is 48.6 Å². The van der Waals surface area contributed by atoms with Crippen LogP contribution in [0.25, 0.3) is 0 Å². The lowest BCUT2D eigenvalue weighted by Crippen LogP contribution is -2.29. The molecule has 0 heterocycles. The predicted molar refractivity (Wildman–Crippen MR) is 187 cm³/mol. The Bertz CT molecular complexity index is 902. The number of carbonyl (C=O) groups is 2. The van der Waals surface area contributed by atoms with Gasteiger partial charge in [0, 0.05) is 19.4 Å². The number of nitrogens with two attached hydrogens (primary N) is 1. The molecule has 0 aromatic carbocycles. The molecule has 0 saturated heterocycles. The summed E-state index contributed by atoms with van der Waals surface area (Å²) in [6, 6.07) is 0. The lowest BCUT2D eigenvalue weighted by molar-refractivity contribution is -0.161. The molecule has 0 aromatic rings. The summed E-state index contributed by atoms with van der Waals surface area (Å²) in [6.45, 7) is 3.32. The summed E-state index contributed by atoms with van der Waals surface area (Å²) >= 11 is 0. The molecule has 0 aliphatic carbocycles. The van der Waals surface area contributed by atoms with Crippen LogP contribution in [0, 0.1) is 0 Å². The Hall–Kier alpha value is -2.03. The molecule has 0 saturated carbocycles. The van der Waals surface area contributed by atoms with Crippen LogP contribution < -0.4 is 5.73 Å². The largest absolute Gasteiger partial charge is 0.472 e. The molecule has 266 valence electrons. The van der Waals surface area contributed by atoms with Crippen LogP contribution in [0.15, 0.2) is 48.6 Å². The van der Waals surface area contributed by atoms with Gasteiger partial charge in [0.2, 0.25) is 0 Å². The highest BCUT2D eigenvalue weighted by molar-refractivity contribution is 7.47. The van der Waals surface area contributed by atoms with Crippen molar-refractivity contribution >= 4 is 19.8 Å². The Morgan fingerprint density at radius 3 is 1.76 bits per heavy atom. The smallest absolute Gasteiger partial charge is 0.462 e. The molecule has 0 bridgehead atoms. The molecule has 10 heteroatoms. The fourth-order valence-corrected chi connectivity index (χ4v) is 5.13. The SMILES string of the molecule is CC/C=C\C/C=C\C/C=C\C/C=C\CCCCCCCCCCCCC(=O)OC(COC(=O)CCCC)COP(=O)(O)OCCN. The van der Waals surface area contributed by atoms with Crippen molar-refractivity contribution in [1.29, 1.82) is 0 Å². The van der Waals surface area contributed by atoms with Crippen molar-refractivity contribution in [1.82, 2.24) is 0 Å². The van der Waals surface area contributed by atoms with E-state index in [9.17, 15) is 19.0 Å². The predicted octanol–water partition coefficient (Wildman–Crippen LogP) is 9.21. The molecule has 3 N–H and O–H groups in total.